The molecule has 2 amide bonds. The van der Waals surface area contributed by atoms with Gasteiger partial charge in [0, 0.05) is 17.1 Å². The summed E-state index contributed by atoms with van der Waals surface area (Å²) in [4.78, 5) is 27.4. The predicted molar refractivity (Wildman–Crippen MR) is 94.6 cm³/mol. The fourth-order valence-corrected chi connectivity index (χ4v) is 3.67. The van der Waals surface area contributed by atoms with Crippen molar-refractivity contribution in [1.82, 2.24) is 4.90 Å². The zero-order chi connectivity index (χ0) is 17.1. The highest BCUT2D eigenvalue weighted by atomic mass is 32.1. The van der Waals surface area contributed by atoms with Crippen molar-refractivity contribution in [1.29, 1.82) is 0 Å². The van der Waals surface area contributed by atoms with Crippen LogP contribution in [0.2, 0.25) is 0 Å². The number of benzene rings is 1. The van der Waals surface area contributed by atoms with E-state index in [9.17, 15) is 9.59 Å². The maximum atomic E-state index is 12.3. The fraction of sp³-hybridized carbons (Fsp3) is 0.333. The summed E-state index contributed by atoms with van der Waals surface area (Å²) in [6.45, 7) is 5.73. The highest BCUT2D eigenvalue weighted by Gasteiger charge is 2.21. The molecule has 2 aromatic rings. The first-order chi connectivity index (χ1) is 11.6. The minimum absolute atomic E-state index is 0.0846. The number of carbonyl (C=O) groups excluding carboxylic acids is 2. The van der Waals surface area contributed by atoms with Crippen LogP contribution in [-0.4, -0.2) is 30.1 Å². The summed E-state index contributed by atoms with van der Waals surface area (Å²) in [5.41, 5.74) is 2.97. The van der Waals surface area contributed by atoms with Crippen LogP contribution in [0.4, 0.5) is 10.5 Å². The van der Waals surface area contributed by atoms with Gasteiger partial charge in [-0.2, -0.15) is 0 Å². The number of nitrogens with one attached hydrogen (secondary N) is 1. The molecule has 1 N–H and O–H groups in total. The average Bonchev–Trinajstić information content (AvgIpc) is 3.15. The van der Waals surface area contributed by atoms with Crippen molar-refractivity contribution in [2.24, 2.45) is 0 Å². The van der Waals surface area contributed by atoms with Crippen molar-refractivity contribution < 1.29 is 14.3 Å². The van der Waals surface area contributed by atoms with Crippen LogP contribution >= 0.6 is 11.3 Å². The molecule has 1 fully saturated rings. The third kappa shape index (κ3) is 3.59. The molecule has 24 heavy (non-hydrogen) atoms. The third-order valence-corrected chi connectivity index (χ3v) is 5.15. The molecule has 0 atom stereocenters. The molecule has 5 nitrogen and oxygen atoms in total. The SMILES string of the molecule is CCc1cc(C(=O)Nc2ccc(CN3CCOC3=O)cc2)sc1C. The van der Waals surface area contributed by atoms with Gasteiger partial charge in [-0.1, -0.05) is 19.1 Å². The summed E-state index contributed by atoms with van der Waals surface area (Å²) >= 11 is 1.52. The highest BCUT2D eigenvalue weighted by molar-refractivity contribution is 7.14. The summed E-state index contributed by atoms with van der Waals surface area (Å²) in [7, 11) is 0. The lowest BCUT2D eigenvalue weighted by Gasteiger charge is -2.12. The second-order valence-electron chi connectivity index (χ2n) is 5.73. The van der Waals surface area contributed by atoms with Crippen LogP contribution in [-0.2, 0) is 17.7 Å². The summed E-state index contributed by atoms with van der Waals surface area (Å²) in [5, 5.41) is 2.92. The quantitative estimate of drug-likeness (QED) is 0.897. The zero-order valence-corrected chi connectivity index (χ0v) is 14.6. The summed E-state index contributed by atoms with van der Waals surface area (Å²) in [6.07, 6.45) is 0.663. The van der Waals surface area contributed by atoms with E-state index >= 15 is 0 Å². The first-order valence-electron chi connectivity index (χ1n) is 7.98. The van der Waals surface area contributed by atoms with Gasteiger partial charge in [0.1, 0.15) is 6.61 Å². The van der Waals surface area contributed by atoms with Gasteiger partial charge in [-0.25, -0.2) is 4.79 Å². The van der Waals surface area contributed by atoms with Crippen molar-refractivity contribution in [2.45, 2.75) is 26.8 Å². The van der Waals surface area contributed by atoms with Crippen molar-refractivity contribution in [3.8, 4) is 0 Å². The molecule has 1 aromatic heterocycles. The lowest BCUT2D eigenvalue weighted by molar-refractivity contribution is 0.103. The summed E-state index contributed by atoms with van der Waals surface area (Å²) in [6, 6.07) is 9.51. The minimum Gasteiger partial charge on any atom is -0.448 e. The number of anilines is 1. The van der Waals surface area contributed by atoms with Gasteiger partial charge in [0.15, 0.2) is 0 Å². The van der Waals surface area contributed by atoms with E-state index in [0.717, 1.165) is 22.5 Å². The van der Waals surface area contributed by atoms with Crippen molar-refractivity contribution in [3.63, 3.8) is 0 Å². The molecule has 126 valence electrons. The van der Waals surface area contributed by atoms with Gasteiger partial charge in [0.2, 0.25) is 0 Å². The zero-order valence-electron chi connectivity index (χ0n) is 13.8. The number of cyclic esters (lactones) is 1. The number of thiophene rings is 1. The molecule has 0 bridgehead atoms. The number of amides is 2. The Morgan fingerprint density at radius 1 is 1.33 bits per heavy atom. The monoisotopic (exact) mass is 344 g/mol. The van der Waals surface area contributed by atoms with E-state index in [1.165, 1.54) is 21.8 Å². The Kier molecular flexibility index (Phi) is 4.85. The van der Waals surface area contributed by atoms with Crippen LogP contribution in [0.25, 0.3) is 0 Å². The Bertz CT molecular complexity index is 752. The van der Waals surface area contributed by atoms with Gasteiger partial charge in [-0.3, -0.25) is 4.79 Å². The molecule has 1 aliphatic rings. The van der Waals surface area contributed by atoms with Crippen LogP contribution < -0.4 is 5.32 Å². The van der Waals surface area contributed by atoms with Gasteiger partial charge in [-0.15, -0.1) is 11.3 Å². The summed E-state index contributed by atoms with van der Waals surface area (Å²) < 4.78 is 4.91. The smallest absolute Gasteiger partial charge is 0.410 e. The number of carbonyl (C=O) groups is 2. The molecule has 6 heteroatoms. The second kappa shape index (κ2) is 7.05. The topological polar surface area (TPSA) is 58.6 Å². The van der Waals surface area contributed by atoms with Crippen molar-refractivity contribution >= 4 is 29.0 Å². The van der Waals surface area contributed by atoms with Gasteiger partial charge >= 0.3 is 6.09 Å². The first-order valence-corrected chi connectivity index (χ1v) is 8.79. The van der Waals surface area contributed by atoms with Gasteiger partial charge in [0.25, 0.3) is 5.91 Å². The van der Waals surface area contributed by atoms with E-state index in [2.05, 4.69) is 12.2 Å². The Hall–Kier alpha value is -2.34. The maximum Gasteiger partial charge on any atom is 0.410 e. The van der Waals surface area contributed by atoms with E-state index < -0.39 is 0 Å². The standard InChI is InChI=1S/C18H20N2O3S/c1-3-14-10-16(24-12(14)2)17(21)19-15-6-4-13(5-7-15)11-20-8-9-23-18(20)22/h4-7,10H,3,8-9,11H2,1-2H3,(H,19,21). The molecule has 0 radical (unpaired) electrons. The molecule has 0 saturated carbocycles. The third-order valence-electron chi connectivity index (χ3n) is 4.06. The van der Waals surface area contributed by atoms with Crippen LogP contribution in [0.15, 0.2) is 30.3 Å². The molecular formula is C18H20N2O3S. The van der Waals surface area contributed by atoms with E-state index in [1.807, 2.05) is 37.3 Å². The normalized spacial score (nSPS) is 13.9. The minimum atomic E-state index is -0.271. The van der Waals surface area contributed by atoms with E-state index in [4.69, 9.17) is 4.74 Å². The van der Waals surface area contributed by atoms with Crippen LogP contribution in [0.1, 0.15) is 32.6 Å². The van der Waals surface area contributed by atoms with E-state index in [-0.39, 0.29) is 12.0 Å². The maximum absolute atomic E-state index is 12.3. The molecule has 0 aliphatic carbocycles. The number of aryl methyl sites for hydroxylation is 2. The van der Waals surface area contributed by atoms with Gasteiger partial charge in [-0.05, 0) is 42.7 Å². The number of hydrogen-bond acceptors (Lipinski definition) is 4. The van der Waals surface area contributed by atoms with Crippen molar-refractivity contribution in [3.05, 3.63) is 51.2 Å². The van der Waals surface area contributed by atoms with Crippen LogP contribution in [0, 0.1) is 6.92 Å². The lowest BCUT2D eigenvalue weighted by atomic mass is 10.2. The first kappa shape index (κ1) is 16.5. The Labute approximate surface area is 145 Å². The van der Waals surface area contributed by atoms with E-state index in [0.29, 0.717) is 19.7 Å². The van der Waals surface area contributed by atoms with Crippen molar-refractivity contribution in [2.75, 3.05) is 18.5 Å². The number of hydrogen-bond donors (Lipinski definition) is 1. The predicted octanol–water partition coefficient (Wildman–Crippen LogP) is 3.82. The molecule has 3 rings (SSSR count). The number of ether oxygens (including phenoxy) is 1. The largest absolute Gasteiger partial charge is 0.448 e. The molecule has 0 unspecified atom stereocenters. The molecule has 1 aliphatic heterocycles. The molecule has 1 aromatic carbocycles. The molecule has 1 saturated heterocycles. The Morgan fingerprint density at radius 3 is 2.67 bits per heavy atom. The molecule has 0 spiro atoms. The van der Waals surface area contributed by atoms with Crippen LogP contribution in [0.5, 0.6) is 0 Å². The Balaban J connectivity index is 1.63. The highest BCUT2D eigenvalue weighted by Crippen LogP contribution is 2.23. The number of nitrogens with zero attached hydrogens (tertiary/aromatic N) is 1. The molecule has 2 heterocycles. The van der Waals surface area contributed by atoms with Gasteiger partial charge in [0.05, 0.1) is 11.4 Å². The second-order valence-corrected chi connectivity index (χ2v) is 6.99. The Morgan fingerprint density at radius 2 is 2.08 bits per heavy atom. The fourth-order valence-electron chi connectivity index (χ4n) is 2.66. The number of rotatable bonds is 5. The average molecular weight is 344 g/mol. The van der Waals surface area contributed by atoms with E-state index in [1.54, 1.807) is 4.90 Å². The lowest BCUT2D eigenvalue weighted by Crippen LogP contribution is -2.23. The summed E-state index contributed by atoms with van der Waals surface area (Å²) in [5.74, 6) is -0.0846. The van der Waals surface area contributed by atoms with Crippen LogP contribution in [0.3, 0.4) is 0 Å². The van der Waals surface area contributed by atoms with Gasteiger partial charge < -0.3 is 15.0 Å². The molecular weight excluding hydrogens is 324 g/mol.